The predicted octanol–water partition coefficient (Wildman–Crippen LogP) is 2.25. The molecule has 112 valence electrons. The molecule has 5 heteroatoms. The SMILES string of the molecule is Cc1ccc(-c2nc(CN3CCC(CCO)C3)no2)cc1. The standard InChI is InChI=1S/C16H21N3O2/c1-12-2-4-14(5-3-12)16-17-15(18-21-16)11-19-8-6-13(10-19)7-9-20/h2-5,13,20H,6-11H2,1H3. The number of aromatic nitrogens is 2. The molecule has 0 amide bonds. The van der Waals surface area contributed by atoms with Crippen molar-refractivity contribution >= 4 is 0 Å². The van der Waals surface area contributed by atoms with Gasteiger partial charge < -0.3 is 9.63 Å². The Hall–Kier alpha value is -1.72. The smallest absolute Gasteiger partial charge is 0.257 e. The van der Waals surface area contributed by atoms with Crippen LogP contribution in [0.4, 0.5) is 0 Å². The molecule has 0 spiro atoms. The van der Waals surface area contributed by atoms with E-state index in [1.165, 1.54) is 5.56 Å². The molecular formula is C16H21N3O2. The summed E-state index contributed by atoms with van der Waals surface area (Å²) in [5.74, 6) is 1.91. The van der Waals surface area contributed by atoms with E-state index in [1.807, 2.05) is 24.3 Å². The first-order valence-corrected chi connectivity index (χ1v) is 7.47. The van der Waals surface area contributed by atoms with Crippen LogP contribution < -0.4 is 0 Å². The summed E-state index contributed by atoms with van der Waals surface area (Å²) in [4.78, 5) is 6.80. The Bertz CT molecular complexity index is 579. The van der Waals surface area contributed by atoms with Crippen molar-refractivity contribution in [3.05, 3.63) is 35.7 Å². The zero-order valence-electron chi connectivity index (χ0n) is 12.3. The Labute approximate surface area is 124 Å². The molecule has 0 saturated carbocycles. The first kappa shape index (κ1) is 14.2. The van der Waals surface area contributed by atoms with Crippen molar-refractivity contribution in [3.63, 3.8) is 0 Å². The lowest BCUT2D eigenvalue weighted by atomic mass is 10.1. The number of hydrogen-bond donors (Lipinski definition) is 1. The molecule has 1 aliphatic rings. The number of rotatable bonds is 5. The van der Waals surface area contributed by atoms with Crippen molar-refractivity contribution < 1.29 is 9.63 Å². The van der Waals surface area contributed by atoms with Crippen LogP contribution in [-0.4, -0.2) is 39.8 Å². The van der Waals surface area contributed by atoms with E-state index in [-0.39, 0.29) is 6.61 Å². The number of benzene rings is 1. The molecular weight excluding hydrogens is 266 g/mol. The molecule has 1 atom stereocenters. The van der Waals surface area contributed by atoms with Gasteiger partial charge in [-0.3, -0.25) is 4.90 Å². The quantitative estimate of drug-likeness (QED) is 0.914. The minimum atomic E-state index is 0.276. The lowest BCUT2D eigenvalue weighted by Crippen LogP contribution is -2.21. The number of hydrogen-bond acceptors (Lipinski definition) is 5. The van der Waals surface area contributed by atoms with E-state index < -0.39 is 0 Å². The van der Waals surface area contributed by atoms with E-state index in [0.29, 0.717) is 11.8 Å². The Morgan fingerprint density at radius 1 is 1.33 bits per heavy atom. The Balaban J connectivity index is 1.62. The molecule has 2 aromatic rings. The van der Waals surface area contributed by atoms with Crippen LogP contribution in [-0.2, 0) is 6.54 Å². The molecule has 21 heavy (non-hydrogen) atoms. The van der Waals surface area contributed by atoms with Gasteiger partial charge in [-0.05, 0) is 44.4 Å². The summed E-state index contributed by atoms with van der Waals surface area (Å²) < 4.78 is 5.35. The first-order valence-electron chi connectivity index (χ1n) is 7.47. The van der Waals surface area contributed by atoms with Gasteiger partial charge in [-0.15, -0.1) is 0 Å². The third-order valence-corrected chi connectivity index (χ3v) is 4.04. The molecule has 1 aromatic heterocycles. The highest BCUT2D eigenvalue weighted by Gasteiger charge is 2.23. The maximum atomic E-state index is 8.99. The minimum absolute atomic E-state index is 0.276. The van der Waals surface area contributed by atoms with Crippen molar-refractivity contribution in [3.8, 4) is 11.5 Å². The Morgan fingerprint density at radius 2 is 2.14 bits per heavy atom. The second-order valence-corrected chi connectivity index (χ2v) is 5.78. The van der Waals surface area contributed by atoms with E-state index in [2.05, 4.69) is 22.0 Å². The van der Waals surface area contributed by atoms with Gasteiger partial charge >= 0.3 is 0 Å². The lowest BCUT2D eigenvalue weighted by molar-refractivity contribution is 0.247. The molecule has 0 bridgehead atoms. The van der Waals surface area contributed by atoms with Gasteiger partial charge in [0.15, 0.2) is 5.82 Å². The van der Waals surface area contributed by atoms with Gasteiger partial charge in [0.25, 0.3) is 5.89 Å². The second-order valence-electron chi connectivity index (χ2n) is 5.78. The van der Waals surface area contributed by atoms with E-state index >= 15 is 0 Å². The van der Waals surface area contributed by atoms with Gasteiger partial charge in [0.2, 0.25) is 0 Å². The van der Waals surface area contributed by atoms with Gasteiger partial charge in [-0.2, -0.15) is 4.98 Å². The van der Waals surface area contributed by atoms with E-state index in [0.717, 1.165) is 43.9 Å². The summed E-state index contributed by atoms with van der Waals surface area (Å²) in [6, 6.07) is 8.08. The molecule has 1 aliphatic heterocycles. The Kier molecular flexibility index (Phi) is 4.31. The number of aliphatic hydroxyl groups excluding tert-OH is 1. The highest BCUT2D eigenvalue weighted by molar-refractivity contribution is 5.53. The molecule has 1 saturated heterocycles. The van der Waals surface area contributed by atoms with Crippen molar-refractivity contribution in [2.45, 2.75) is 26.3 Å². The fourth-order valence-corrected chi connectivity index (χ4v) is 2.81. The molecule has 2 heterocycles. The van der Waals surface area contributed by atoms with Gasteiger partial charge in [0, 0.05) is 18.7 Å². The molecule has 3 rings (SSSR count). The average molecular weight is 287 g/mol. The minimum Gasteiger partial charge on any atom is -0.396 e. The van der Waals surface area contributed by atoms with Crippen molar-refractivity contribution in [1.29, 1.82) is 0 Å². The van der Waals surface area contributed by atoms with Gasteiger partial charge in [0.05, 0.1) is 6.54 Å². The van der Waals surface area contributed by atoms with Crippen molar-refractivity contribution in [2.75, 3.05) is 19.7 Å². The van der Waals surface area contributed by atoms with Gasteiger partial charge in [-0.25, -0.2) is 0 Å². The van der Waals surface area contributed by atoms with Crippen LogP contribution in [0.1, 0.15) is 24.2 Å². The van der Waals surface area contributed by atoms with Crippen LogP contribution in [0, 0.1) is 12.8 Å². The topological polar surface area (TPSA) is 62.4 Å². The normalized spacial score (nSPS) is 19.2. The Morgan fingerprint density at radius 3 is 2.90 bits per heavy atom. The summed E-state index contributed by atoms with van der Waals surface area (Å²) in [6.45, 7) is 5.10. The zero-order valence-corrected chi connectivity index (χ0v) is 12.3. The van der Waals surface area contributed by atoms with Gasteiger partial charge in [0.1, 0.15) is 0 Å². The number of aliphatic hydroxyl groups is 1. The highest BCUT2D eigenvalue weighted by atomic mass is 16.5. The summed E-state index contributed by atoms with van der Waals surface area (Å²) in [5.41, 5.74) is 2.17. The number of likely N-dealkylation sites (tertiary alicyclic amines) is 1. The second kappa shape index (κ2) is 6.37. The van der Waals surface area contributed by atoms with Gasteiger partial charge in [-0.1, -0.05) is 22.9 Å². The maximum Gasteiger partial charge on any atom is 0.257 e. The monoisotopic (exact) mass is 287 g/mol. The fourth-order valence-electron chi connectivity index (χ4n) is 2.81. The zero-order chi connectivity index (χ0) is 14.7. The van der Waals surface area contributed by atoms with E-state index in [4.69, 9.17) is 9.63 Å². The molecule has 0 aliphatic carbocycles. The third kappa shape index (κ3) is 3.49. The number of nitrogens with zero attached hydrogens (tertiary/aromatic N) is 3. The molecule has 1 unspecified atom stereocenters. The number of aryl methyl sites for hydroxylation is 1. The molecule has 0 radical (unpaired) electrons. The first-order chi connectivity index (χ1) is 10.2. The van der Waals surface area contributed by atoms with Crippen LogP contribution in [0.2, 0.25) is 0 Å². The summed E-state index contributed by atoms with van der Waals surface area (Å²) in [5, 5.41) is 13.1. The van der Waals surface area contributed by atoms with Crippen LogP contribution >= 0.6 is 0 Å². The predicted molar refractivity (Wildman–Crippen MR) is 79.6 cm³/mol. The van der Waals surface area contributed by atoms with E-state index in [9.17, 15) is 0 Å². The summed E-state index contributed by atoms with van der Waals surface area (Å²) in [7, 11) is 0. The largest absolute Gasteiger partial charge is 0.396 e. The van der Waals surface area contributed by atoms with Crippen molar-refractivity contribution in [1.82, 2.24) is 15.0 Å². The lowest BCUT2D eigenvalue weighted by Gasteiger charge is -2.12. The maximum absolute atomic E-state index is 8.99. The summed E-state index contributed by atoms with van der Waals surface area (Å²) >= 11 is 0. The van der Waals surface area contributed by atoms with Crippen LogP contribution in [0.15, 0.2) is 28.8 Å². The van der Waals surface area contributed by atoms with Crippen LogP contribution in [0.25, 0.3) is 11.5 Å². The molecule has 1 fully saturated rings. The van der Waals surface area contributed by atoms with Crippen molar-refractivity contribution in [2.24, 2.45) is 5.92 Å². The fraction of sp³-hybridized carbons (Fsp3) is 0.500. The van der Waals surface area contributed by atoms with E-state index in [1.54, 1.807) is 0 Å². The van der Waals surface area contributed by atoms with Crippen LogP contribution in [0.5, 0.6) is 0 Å². The van der Waals surface area contributed by atoms with Crippen LogP contribution in [0.3, 0.4) is 0 Å². The average Bonchev–Trinajstić information content (AvgIpc) is 3.11. The molecule has 1 aromatic carbocycles. The third-order valence-electron chi connectivity index (χ3n) is 4.04. The summed E-state index contributed by atoms with van der Waals surface area (Å²) in [6.07, 6.45) is 2.03. The molecule has 1 N–H and O–H groups in total. The highest BCUT2D eigenvalue weighted by Crippen LogP contribution is 2.22. The molecule has 5 nitrogen and oxygen atoms in total.